The summed E-state index contributed by atoms with van der Waals surface area (Å²) in [5.74, 6) is 0. The fraction of sp³-hybridized carbons (Fsp3) is 0.0526. The van der Waals surface area contributed by atoms with Crippen molar-refractivity contribution in [3.05, 3.63) is 217 Å². The molecule has 0 atom stereocenters. The Kier molecular flexibility index (Phi) is 7.31. The van der Waals surface area contributed by atoms with Gasteiger partial charge in [0.1, 0.15) is 0 Å². The molecule has 2 aromatic heterocycles. The second-order valence-electron chi connectivity index (χ2n) is 16.6. The molecule has 0 saturated heterocycles. The van der Waals surface area contributed by atoms with Crippen LogP contribution < -0.4 is 0 Å². The number of rotatable bonds is 5. The van der Waals surface area contributed by atoms with Gasteiger partial charge >= 0.3 is 0 Å². The van der Waals surface area contributed by atoms with Gasteiger partial charge in [0.05, 0.1) is 22.1 Å². The Morgan fingerprint density at radius 3 is 1.36 bits per heavy atom. The van der Waals surface area contributed by atoms with Crippen LogP contribution in [0.25, 0.3) is 99.5 Å². The lowest BCUT2D eigenvalue weighted by atomic mass is 9.82. The zero-order valence-electron chi connectivity index (χ0n) is 33.0. The molecule has 0 bridgehead atoms. The minimum absolute atomic E-state index is 0.0650. The molecule has 0 amide bonds. The first-order chi connectivity index (χ1) is 29.0. The van der Waals surface area contributed by atoms with Crippen LogP contribution in [0.4, 0.5) is 0 Å². The Morgan fingerprint density at radius 1 is 0.288 bits per heavy atom. The molecule has 0 fully saturated rings. The van der Waals surface area contributed by atoms with Crippen molar-refractivity contribution in [3.63, 3.8) is 0 Å². The minimum Gasteiger partial charge on any atom is -0.309 e. The van der Waals surface area contributed by atoms with Crippen LogP contribution >= 0.6 is 0 Å². The van der Waals surface area contributed by atoms with Crippen LogP contribution in [-0.4, -0.2) is 9.13 Å². The molecule has 59 heavy (non-hydrogen) atoms. The second-order valence-corrected chi connectivity index (χ2v) is 16.6. The zero-order valence-corrected chi connectivity index (χ0v) is 33.0. The van der Waals surface area contributed by atoms with Crippen LogP contribution in [0, 0.1) is 0 Å². The largest absolute Gasteiger partial charge is 0.309 e. The Morgan fingerprint density at radius 2 is 0.763 bits per heavy atom. The summed E-state index contributed by atoms with van der Waals surface area (Å²) in [4.78, 5) is 0. The first kappa shape index (κ1) is 33.7. The Labute approximate surface area is 343 Å². The SMILES string of the molecule is CC1(C)c2ccccc2-c2ccc(-n3c4ccccc4c4cc(-c5ccc6c(c5)c5ccccc5n6-c5cc(-c6ccccc6)cc(-c6ccccc6)c5)ccc43)cc21. The smallest absolute Gasteiger partial charge is 0.0541 e. The van der Waals surface area contributed by atoms with Crippen molar-refractivity contribution in [2.45, 2.75) is 19.3 Å². The maximum atomic E-state index is 2.46. The molecule has 0 radical (unpaired) electrons. The summed E-state index contributed by atoms with van der Waals surface area (Å²) in [6.07, 6.45) is 0. The van der Waals surface area contributed by atoms with Gasteiger partial charge in [-0.25, -0.2) is 0 Å². The van der Waals surface area contributed by atoms with Crippen molar-refractivity contribution in [3.8, 4) is 55.9 Å². The molecule has 1 aliphatic rings. The molecule has 9 aromatic carbocycles. The van der Waals surface area contributed by atoms with Crippen LogP contribution in [-0.2, 0) is 5.41 Å². The van der Waals surface area contributed by atoms with Gasteiger partial charge in [-0.2, -0.15) is 0 Å². The molecule has 0 unspecified atom stereocenters. The van der Waals surface area contributed by atoms with Gasteiger partial charge in [0, 0.05) is 38.3 Å². The molecule has 2 nitrogen and oxygen atoms in total. The third-order valence-corrected chi connectivity index (χ3v) is 12.9. The highest BCUT2D eigenvalue weighted by molar-refractivity contribution is 6.13. The van der Waals surface area contributed by atoms with E-state index in [1.165, 1.54) is 105 Å². The summed E-state index contributed by atoms with van der Waals surface area (Å²) < 4.78 is 4.90. The summed E-state index contributed by atoms with van der Waals surface area (Å²) in [5.41, 5.74) is 19.8. The number of para-hydroxylation sites is 2. The molecule has 2 heteroatoms. The molecule has 11 aromatic rings. The standard InChI is InChI=1S/C57H40N2/c1-57(2)51-22-12-9-19-45(51)46-28-27-43(36-52(46)57)58-53-23-13-10-20-47(53)49-34-39(25-29-55(49)58)40-26-30-56-50(35-40)48-21-11-14-24-54(48)59(56)44-32-41(37-15-5-3-6-16-37)31-42(33-44)38-17-7-4-8-18-38/h3-36H,1-2H3. The molecular formula is C57H40N2. The van der Waals surface area contributed by atoms with Crippen LogP contribution in [0.2, 0.25) is 0 Å². The van der Waals surface area contributed by atoms with Crippen LogP contribution in [0.5, 0.6) is 0 Å². The van der Waals surface area contributed by atoms with Crippen LogP contribution in [0.15, 0.2) is 206 Å². The summed E-state index contributed by atoms with van der Waals surface area (Å²) in [5, 5.41) is 5.01. The average molecular weight is 753 g/mol. The number of benzene rings is 9. The fourth-order valence-electron chi connectivity index (χ4n) is 10.0. The highest BCUT2D eigenvalue weighted by Crippen LogP contribution is 2.49. The van der Waals surface area contributed by atoms with Crippen molar-refractivity contribution < 1.29 is 0 Å². The average Bonchev–Trinajstić information content (AvgIpc) is 3.89. The van der Waals surface area contributed by atoms with E-state index < -0.39 is 0 Å². The van der Waals surface area contributed by atoms with Gasteiger partial charge in [0.25, 0.3) is 0 Å². The summed E-state index contributed by atoms with van der Waals surface area (Å²) >= 11 is 0. The van der Waals surface area contributed by atoms with Gasteiger partial charge in [-0.3, -0.25) is 0 Å². The number of fused-ring (bicyclic) bond motifs is 9. The fourth-order valence-corrected chi connectivity index (χ4v) is 10.0. The van der Waals surface area contributed by atoms with E-state index in [9.17, 15) is 0 Å². The number of nitrogens with zero attached hydrogens (tertiary/aromatic N) is 2. The highest BCUT2D eigenvalue weighted by Gasteiger charge is 2.35. The highest BCUT2D eigenvalue weighted by atomic mass is 15.0. The van der Waals surface area contributed by atoms with E-state index >= 15 is 0 Å². The van der Waals surface area contributed by atoms with Crippen LogP contribution in [0.1, 0.15) is 25.0 Å². The van der Waals surface area contributed by atoms with Crippen molar-refractivity contribution >= 4 is 43.6 Å². The lowest BCUT2D eigenvalue weighted by molar-refractivity contribution is 0.660. The molecule has 0 spiro atoms. The maximum Gasteiger partial charge on any atom is 0.0541 e. The Bertz CT molecular complexity index is 3400. The molecule has 278 valence electrons. The van der Waals surface area contributed by atoms with Gasteiger partial charge in [0.2, 0.25) is 0 Å². The van der Waals surface area contributed by atoms with Gasteiger partial charge < -0.3 is 9.13 Å². The lowest BCUT2D eigenvalue weighted by Crippen LogP contribution is -2.15. The molecule has 0 aliphatic heterocycles. The van der Waals surface area contributed by atoms with E-state index in [2.05, 4.69) is 229 Å². The number of hydrogen-bond donors (Lipinski definition) is 0. The van der Waals surface area contributed by atoms with Crippen molar-refractivity contribution in [1.82, 2.24) is 9.13 Å². The molecule has 0 N–H and O–H groups in total. The molecule has 1 aliphatic carbocycles. The van der Waals surface area contributed by atoms with Crippen molar-refractivity contribution in [1.29, 1.82) is 0 Å². The maximum absolute atomic E-state index is 2.46. The minimum atomic E-state index is -0.0650. The van der Waals surface area contributed by atoms with E-state index in [4.69, 9.17) is 0 Å². The quantitative estimate of drug-likeness (QED) is 0.166. The van der Waals surface area contributed by atoms with Crippen molar-refractivity contribution in [2.75, 3.05) is 0 Å². The van der Waals surface area contributed by atoms with Crippen molar-refractivity contribution in [2.24, 2.45) is 0 Å². The predicted molar refractivity (Wildman–Crippen MR) is 249 cm³/mol. The predicted octanol–water partition coefficient (Wildman–Crippen LogP) is 15.2. The third kappa shape index (κ3) is 5.13. The summed E-state index contributed by atoms with van der Waals surface area (Å²) in [6.45, 7) is 4.72. The second kappa shape index (κ2) is 12.8. The first-order valence-electron chi connectivity index (χ1n) is 20.6. The molecule has 2 heterocycles. The van der Waals surface area contributed by atoms with E-state index in [0.717, 1.165) is 5.69 Å². The Hall–Kier alpha value is -7.42. The summed E-state index contributed by atoms with van der Waals surface area (Å²) in [6, 6.07) is 76.1. The first-order valence-corrected chi connectivity index (χ1v) is 20.6. The normalized spacial score (nSPS) is 13.1. The lowest BCUT2D eigenvalue weighted by Gasteiger charge is -2.22. The van der Waals surface area contributed by atoms with Crippen LogP contribution in [0.3, 0.4) is 0 Å². The topological polar surface area (TPSA) is 9.86 Å². The number of aromatic nitrogens is 2. The van der Waals surface area contributed by atoms with E-state index in [-0.39, 0.29) is 5.41 Å². The van der Waals surface area contributed by atoms with E-state index in [1.54, 1.807) is 0 Å². The molecule has 0 saturated carbocycles. The van der Waals surface area contributed by atoms with Gasteiger partial charge in [-0.05, 0) is 122 Å². The van der Waals surface area contributed by atoms with Gasteiger partial charge in [0.15, 0.2) is 0 Å². The third-order valence-electron chi connectivity index (χ3n) is 12.9. The van der Waals surface area contributed by atoms with Gasteiger partial charge in [-0.15, -0.1) is 0 Å². The molecule has 12 rings (SSSR count). The molecular weight excluding hydrogens is 713 g/mol. The monoisotopic (exact) mass is 752 g/mol. The Balaban J connectivity index is 1.01. The zero-order chi connectivity index (χ0) is 39.2. The van der Waals surface area contributed by atoms with E-state index in [1.807, 2.05) is 0 Å². The summed E-state index contributed by atoms with van der Waals surface area (Å²) in [7, 11) is 0. The number of hydrogen-bond acceptors (Lipinski definition) is 0. The van der Waals surface area contributed by atoms with Gasteiger partial charge in [-0.1, -0.05) is 153 Å². The van der Waals surface area contributed by atoms with E-state index in [0.29, 0.717) is 0 Å².